The van der Waals surface area contributed by atoms with Gasteiger partial charge in [-0.15, -0.1) is 11.3 Å². The summed E-state index contributed by atoms with van der Waals surface area (Å²) in [4.78, 5) is 15.7. The van der Waals surface area contributed by atoms with E-state index in [4.69, 9.17) is 0 Å². The molecule has 0 saturated heterocycles. The van der Waals surface area contributed by atoms with Crippen LogP contribution < -0.4 is 10.9 Å². The first-order chi connectivity index (χ1) is 8.08. The van der Waals surface area contributed by atoms with Gasteiger partial charge in [-0.05, 0) is 29.8 Å². The molecule has 0 spiro atoms. The molecule has 1 atom stereocenters. The number of anilines is 1. The molecule has 90 valence electrons. The van der Waals surface area contributed by atoms with Gasteiger partial charge < -0.3 is 5.32 Å². The standard InChI is InChI=1S/C10H11BrN4OS/c1-5-4-17-10(13-5)6(2)14-7-3-12-15-9(16)8(7)11/h3-4,6H,1-2H3,(H2,14,15,16). The van der Waals surface area contributed by atoms with Crippen molar-refractivity contribution in [1.29, 1.82) is 0 Å². The van der Waals surface area contributed by atoms with Gasteiger partial charge in [-0.1, -0.05) is 0 Å². The molecular formula is C10H11BrN4OS. The zero-order valence-electron chi connectivity index (χ0n) is 9.32. The lowest BCUT2D eigenvalue weighted by Crippen LogP contribution is -2.14. The molecule has 0 saturated carbocycles. The number of nitrogens with zero attached hydrogens (tertiary/aromatic N) is 2. The number of halogens is 1. The Morgan fingerprint density at radius 2 is 2.35 bits per heavy atom. The van der Waals surface area contributed by atoms with Crippen molar-refractivity contribution in [2.45, 2.75) is 19.9 Å². The lowest BCUT2D eigenvalue weighted by molar-refractivity contribution is 0.854. The van der Waals surface area contributed by atoms with Crippen molar-refractivity contribution in [1.82, 2.24) is 15.2 Å². The van der Waals surface area contributed by atoms with Crippen molar-refractivity contribution in [3.05, 3.63) is 37.1 Å². The topological polar surface area (TPSA) is 70.7 Å². The molecule has 5 nitrogen and oxygen atoms in total. The van der Waals surface area contributed by atoms with Crippen molar-refractivity contribution in [3.63, 3.8) is 0 Å². The normalized spacial score (nSPS) is 12.4. The number of nitrogens with one attached hydrogen (secondary N) is 2. The highest BCUT2D eigenvalue weighted by Crippen LogP contribution is 2.24. The Labute approximate surface area is 110 Å². The molecule has 17 heavy (non-hydrogen) atoms. The number of thiazole rings is 1. The molecule has 0 amide bonds. The number of hydrogen-bond acceptors (Lipinski definition) is 5. The molecule has 0 radical (unpaired) electrons. The molecule has 2 heterocycles. The van der Waals surface area contributed by atoms with Gasteiger partial charge in [0.05, 0.1) is 17.9 Å². The summed E-state index contributed by atoms with van der Waals surface area (Å²) in [5.41, 5.74) is 1.41. The van der Waals surface area contributed by atoms with E-state index < -0.39 is 0 Å². The molecule has 0 aliphatic heterocycles. The van der Waals surface area contributed by atoms with E-state index in [-0.39, 0.29) is 11.6 Å². The van der Waals surface area contributed by atoms with Gasteiger partial charge in [0.25, 0.3) is 5.56 Å². The van der Waals surface area contributed by atoms with Gasteiger partial charge in [0.2, 0.25) is 0 Å². The third-order valence-electron chi connectivity index (χ3n) is 2.17. The van der Waals surface area contributed by atoms with E-state index in [0.29, 0.717) is 10.2 Å². The summed E-state index contributed by atoms with van der Waals surface area (Å²) < 4.78 is 0.452. The fraction of sp³-hybridized carbons (Fsp3) is 0.300. The van der Waals surface area contributed by atoms with Crippen LogP contribution in [0.2, 0.25) is 0 Å². The summed E-state index contributed by atoms with van der Waals surface area (Å²) in [6.07, 6.45) is 1.57. The van der Waals surface area contributed by atoms with Crippen LogP contribution in [0.15, 0.2) is 20.8 Å². The first-order valence-electron chi connectivity index (χ1n) is 4.99. The Morgan fingerprint density at radius 1 is 1.59 bits per heavy atom. The average Bonchev–Trinajstić information content (AvgIpc) is 2.72. The molecule has 2 rings (SSSR count). The Balaban J connectivity index is 2.21. The second kappa shape index (κ2) is 4.97. The van der Waals surface area contributed by atoms with Crippen LogP contribution >= 0.6 is 27.3 Å². The Bertz CT molecular complexity index is 580. The summed E-state index contributed by atoms with van der Waals surface area (Å²) in [5.74, 6) is 0. The maximum atomic E-state index is 11.3. The largest absolute Gasteiger partial charge is 0.374 e. The summed E-state index contributed by atoms with van der Waals surface area (Å²) in [6.45, 7) is 3.95. The van der Waals surface area contributed by atoms with Gasteiger partial charge in [-0.3, -0.25) is 4.79 Å². The van der Waals surface area contributed by atoms with Gasteiger partial charge in [0, 0.05) is 11.1 Å². The first kappa shape index (κ1) is 12.3. The fourth-order valence-electron chi connectivity index (χ4n) is 1.35. The summed E-state index contributed by atoms with van der Waals surface area (Å²) >= 11 is 4.81. The van der Waals surface area contributed by atoms with E-state index in [9.17, 15) is 4.79 Å². The molecule has 1 unspecified atom stereocenters. The summed E-state index contributed by atoms with van der Waals surface area (Å²) in [7, 11) is 0. The minimum absolute atomic E-state index is 0.0357. The van der Waals surface area contributed by atoms with Crippen LogP contribution in [-0.2, 0) is 0 Å². The summed E-state index contributed by atoms with van der Waals surface area (Å²) in [5, 5.41) is 12.3. The highest BCUT2D eigenvalue weighted by molar-refractivity contribution is 9.10. The fourth-order valence-corrected chi connectivity index (χ4v) is 2.46. The third kappa shape index (κ3) is 2.73. The van der Waals surface area contributed by atoms with E-state index in [2.05, 4.69) is 36.4 Å². The van der Waals surface area contributed by atoms with Crippen molar-refractivity contribution >= 4 is 33.0 Å². The maximum absolute atomic E-state index is 11.3. The van der Waals surface area contributed by atoms with Gasteiger partial charge in [0.15, 0.2) is 0 Å². The van der Waals surface area contributed by atoms with Crippen LogP contribution in [0.4, 0.5) is 5.69 Å². The molecule has 2 N–H and O–H groups in total. The van der Waals surface area contributed by atoms with Crippen molar-refractivity contribution in [2.75, 3.05) is 5.32 Å². The first-order valence-corrected chi connectivity index (χ1v) is 6.67. The minimum atomic E-state index is -0.252. The van der Waals surface area contributed by atoms with Gasteiger partial charge in [-0.2, -0.15) is 5.10 Å². The molecule has 0 aromatic carbocycles. The molecule has 2 aromatic rings. The van der Waals surface area contributed by atoms with E-state index in [1.807, 2.05) is 19.2 Å². The lowest BCUT2D eigenvalue weighted by atomic mass is 10.3. The average molecular weight is 315 g/mol. The van der Waals surface area contributed by atoms with Crippen molar-refractivity contribution in [3.8, 4) is 0 Å². The van der Waals surface area contributed by atoms with Crippen LogP contribution in [0.5, 0.6) is 0 Å². The highest BCUT2D eigenvalue weighted by atomic mass is 79.9. The molecule has 2 aromatic heterocycles. The zero-order chi connectivity index (χ0) is 12.4. The second-order valence-corrected chi connectivity index (χ2v) is 5.30. The Hall–Kier alpha value is -1.21. The quantitative estimate of drug-likeness (QED) is 0.913. The Morgan fingerprint density at radius 3 is 3.00 bits per heavy atom. The molecule has 0 fully saturated rings. The Kier molecular flexibility index (Phi) is 3.58. The van der Waals surface area contributed by atoms with Crippen LogP contribution in [0, 0.1) is 6.92 Å². The van der Waals surface area contributed by atoms with Crippen LogP contribution in [0.1, 0.15) is 23.7 Å². The second-order valence-electron chi connectivity index (χ2n) is 3.62. The van der Waals surface area contributed by atoms with Crippen LogP contribution in [0.3, 0.4) is 0 Å². The molecule has 0 aliphatic rings. The van der Waals surface area contributed by atoms with E-state index in [0.717, 1.165) is 10.7 Å². The highest BCUT2D eigenvalue weighted by Gasteiger charge is 2.12. The van der Waals surface area contributed by atoms with Crippen LogP contribution in [0.25, 0.3) is 0 Å². The molecule has 7 heteroatoms. The van der Waals surface area contributed by atoms with Gasteiger partial charge >= 0.3 is 0 Å². The number of H-pyrrole nitrogens is 1. The number of aryl methyl sites for hydroxylation is 1. The minimum Gasteiger partial charge on any atom is -0.374 e. The number of aromatic nitrogens is 3. The molecule has 0 aliphatic carbocycles. The molecular weight excluding hydrogens is 304 g/mol. The van der Waals surface area contributed by atoms with E-state index >= 15 is 0 Å². The third-order valence-corrected chi connectivity index (χ3v) is 4.11. The van der Waals surface area contributed by atoms with E-state index in [1.165, 1.54) is 0 Å². The summed E-state index contributed by atoms with van der Waals surface area (Å²) in [6, 6.07) is 0.0357. The predicted octanol–water partition coefficient (Wildman–Crippen LogP) is 2.47. The van der Waals surface area contributed by atoms with Crippen LogP contribution in [-0.4, -0.2) is 15.2 Å². The predicted molar refractivity (Wildman–Crippen MR) is 71.4 cm³/mol. The van der Waals surface area contributed by atoms with Gasteiger partial charge in [0.1, 0.15) is 9.48 Å². The van der Waals surface area contributed by atoms with Crippen molar-refractivity contribution < 1.29 is 0 Å². The van der Waals surface area contributed by atoms with E-state index in [1.54, 1.807) is 17.5 Å². The SMILES string of the molecule is Cc1csc(C(C)Nc2cn[nH]c(=O)c2Br)n1. The monoisotopic (exact) mass is 314 g/mol. The molecule has 0 bridgehead atoms. The number of hydrogen-bond donors (Lipinski definition) is 2. The number of rotatable bonds is 3. The zero-order valence-corrected chi connectivity index (χ0v) is 11.7. The van der Waals surface area contributed by atoms with Crippen molar-refractivity contribution in [2.24, 2.45) is 0 Å². The van der Waals surface area contributed by atoms with Gasteiger partial charge in [-0.25, -0.2) is 10.1 Å². The number of aromatic amines is 1. The maximum Gasteiger partial charge on any atom is 0.280 e. The lowest BCUT2D eigenvalue weighted by Gasteiger charge is -2.12. The smallest absolute Gasteiger partial charge is 0.280 e.